The first-order valence-electron chi connectivity index (χ1n) is 10.6. The Hall–Kier alpha value is -0.340. The van der Waals surface area contributed by atoms with Gasteiger partial charge in [-0.1, -0.05) is 90.6 Å². The van der Waals surface area contributed by atoms with E-state index in [9.17, 15) is 0 Å². The summed E-state index contributed by atoms with van der Waals surface area (Å²) < 4.78 is 11.8. The second kappa shape index (κ2) is 17.5. The molecule has 0 aliphatic heterocycles. The zero-order valence-corrected chi connectivity index (χ0v) is 16.9. The Morgan fingerprint density at radius 2 is 1.33 bits per heavy atom. The second-order valence-corrected chi connectivity index (χ2v) is 7.06. The molecule has 0 heterocycles. The molecule has 24 heavy (non-hydrogen) atoms. The van der Waals surface area contributed by atoms with Gasteiger partial charge in [0.05, 0.1) is 18.8 Å². The zero-order valence-electron chi connectivity index (χ0n) is 16.9. The lowest BCUT2D eigenvalue weighted by Crippen LogP contribution is -2.37. The molecule has 0 fully saturated rings. The summed E-state index contributed by atoms with van der Waals surface area (Å²) in [5.41, 5.74) is -0.0863. The van der Waals surface area contributed by atoms with Crippen molar-refractivity contribution in [3.8, 4) is 0 Å². The first-order chi connectivity index (χ1) is 11.7. The van der Waals surface area contributed by atoms with Gasteiger partial charge in [-0.3, -0.25) is 0 Å². The van der Waals surface area contributed by atoms with Crippen LogP contribution in [0, 0.1) is 0 Å². The molecule has 0 spiro atoms. The SMILES string of the molecule is C=CCOCC(CC)(CCCCCCCCCCCCC)OCC. The standard InChI is InChI=1S/C22H44O2/c1-5-9-10-11-12-13-14-15-16-17-18-19-22(7-3,24-8-4)21-23-20-6-2/h6H,2,5,7-21H2,1,3-4H3. The van der Waals surface area contributed by atoms with Gasteiger partial charge in [0.2, 0.25) is 0 Å². The molecule has 1 unspecified atom stereocenters. The summed E-state index contributed by atoms with van der Waals surface area (Å²) >= 11 is 0. The fraction of sp³-hybridized carbons (Fsp3) is 0.909. The van der Waals surface area contributed by atoms with Crippen LogP contribution in [0.15, 0.2) is 12.7 Å². The molecule has 0 aromatic heterocycles. The lowest BCUT2D eigenvalue weighted by Gasteiger charge is -2.32. The van der Waals surface area contributed by atoms with Crippen LogP contribution in [0.25, 0.3) is 0 Å². The van der Waals surface area contributed by atoms with E-state index in [0.717, 1.165) is 19.4 Å². The summed E-state index contributed by atoms with van der Waals surface area (Å²) in [5, 5.41) is 0. The van der Waals surface area contributed by atoms with Crippen molar-refractivity contribution in [2.24, 2.45) is 0 Å². The first-order valence-corrected chi connectivity index (χ1v) is 10.6. The quantitative estimate of drug-likeness (QED) is 0.185. The van der Waals surface area contributed by atoms with Crippen LogP contribution in [0.5, 0.6) is 0 Å². The van der Waals surface area contributed by atoms with Crippen molar-refractivity contribution in [2.75, 3.05) is 19.8 Å². The van der Waals surface area contributed by atoms with Crippen molar-refractivity contribution < 1.29 is 9.47 Å². The molecular weight excluding hydrogens is 296 g/mol. The Balaban J connectivity index is 3.69. The van der Waals surface area contributed by atoms with Crippen molar-refractivity contribution in [1.29, 1.82) is 0 Å². The van der Waals surface area contributed by atoms with E-state index in [0.29, 0.717) is 13.2 Å². The van der Waals surface area contributed by atoms with E-state index >= 15 is 0 Å². The van der Waals surface area contributed by atoms with Gasteiger partial charge in [-0.05, 0) is 19.8 Å². The number of unbranched alkanes of at least 4 members (excludes halogenated alkanes) is 10. The minimum atomic E-state index is -0.0863. The highest BCUT2D eigenvalue weighted by Crippen LogP contribution is 2.25. The monoisotopic (exact) mass is 340 g/mol. The number of hydrogen-bond donors (Lipinski definition) is 0. The molecule has 0 aromatic carbocycles. The van der Waals surface area contributed by atoms with Crippen LogP contribution in [0.1, 0.15) is 104 Å². The van der Waals surface area contributed by atoms with E-state index in [1.807, 2.05) is 6.08 Å². The topological polar surface area (TPSA) is 18.5 Å². The van der Waals surface area contributed by atoms with Gasteiger partial charge in [-0.25, -0.2) is 0 Å². The summed E-state index contributed by atoms with van der Waals surface area (Å²) in [6.45, 7) is 12.4. The highest BCUT2D eigenvalue weighted by atomic mass is 16.5. The molecule has 144 valence electrons. The van der Waals surface area contributed by atoms with Gasteiger partial charge in [-0.2, -0.15) is 0 Å². The maximum Gasteiger partial charge on any atom is 0.0912 e. The average Bonchev–Trinajstić information content (AvgIpc) is 2.59. The van der Waals surface area contributed by atoms with Crippen LogP contribution in [-0.4, -0.2) is 25.4 Å². The summed E-state index contributed by atoms with van der Waals surface area (Å²) in [4.78, 5) is 0. The van der Waals surface area contributed by atoms with Crippen LogP contribution < -0.4 is 0 Å². The van der Waals surface area contributed by atoms with E-state index in [4.69, 9.17) is 9.47 Å². The highest BCUT2D eigenvalue weighted by molar-refractivity contribution is 4.80. The lowest BCUT2D eigenvalue weighted by molar-refractivity contribution is -0.0983. The van der Waals surface area contributed by atoms with Gasteiger partial charge in [-0.15, -0.1) is 6.58 Å². The molecule has 0 N–H and O–H groups in total. The van der Waals surface area contributed by atoms with Gasteiger partial charge in [0, 0.05) is 6.61 Å². The second-order valence-electron chi connectivity index (χ2n) is 7.06. The van der Waals surface area contributed by atoms with Crippen molar-refractivity contribution in [2.45, 2.75) is 110 Å². The van der Waals surface area contributed by atoms with E-state index < -0.39 is 0 Å². The van der Waals surface area contributed by atoms with Gasteiger partial charge in [0.1, 0.15) is 0 Å². The first kappa shape index (κ1) is 23.7. The van der Waals surface area contributed by atoms with E-state index in [2.05, 4.69) is 27.4 Å². The number of rotatable bonds is 19. The van der Waals surface area contributed by atoms with Crippen LogP contribution >= 0.6 is 0 Å². The van der Waals surface area contributed by atoms with Gasteiger partial charge in [0.15, 0.2) is 0 Å². The number of hydrogen-bond acceptors (Lipinski definition) is 2. The minimum absolute atomic E-state index is 0.0863. The Kier molecular flexibility index (Phi) is 17.2. The highest BCUT2D eigenvalue weighted by Gasteiger charge is 2.28. The van der Waals surface area contributed by atoms with E-state index in [1.54, 1.807) is 0 Å². The molecule has 0 saturated carbocycles. The Morgan fingerprint density at radius 1 is 0.792 bits per heavy atom. The van der Waals surface area contributed by atoms with Gasteiger partial charge >= 0.3 is 0 Å². The summed E-state index contributed by atoms with van der Waals surface area (Å²) in [7, 11) is 0. The number of ether oxygens (including phenoxy) is 2. The van der Waals surface area contributed by atoms with Crippen LogP contribution in [0.3, 0.4) is 0 Å². The fourth-order valence-electron chi connectivity index (χ4n) is 3.31. The van der Waals surface area contributed by atoms with Crippen LogP contribution in [0.2, 0.25) is 0 Å². The molecule has 0 aromatic rings. The summed E-state index contributed by atoms with van der Waals surface area (Å²) in [6, 6.07) is 0. The lowest BCUT2D eigenvalue weighted by atomic mass is 9.93. The molecule has 0 saturated heterocycles. The van der Waals surface area contributed by atoms with Crippen LogP contribution in [0.4, 0.5) is 0 Å². The molecular formula is C22H44O2. The normalized spacial score (nSPS) is 13.8. The zero-order chi connectivity index (χ0) is 17.9. The molecule has 0 rings (SSSR count). The Labute approximate surface area is 152 Å². The van der Waals surface area contributed by atoms with Gasteiger partial charge in [0.25, 0.3) is 0 Å². The van der Waals surface area contributed by atoms with E-state index in [-0.39, 0.29) is 5.60 Å². The maximum absolute atomic E-state index is 6.06. The third kappa shape index (κ3) is 13.0. The molecule has 0 radical (unpaired) electrons. The Morgan fingerprint density at radius 3 is 1.79 bits per heavy atom. The summed E-state index contributed by atoms with van der Waals surface area (Å²) in [5.74, 6) is 0. The minimum Gasteiger partial charge on any atom is -0.374 e. The molecule has 2 nitrogen and oxygen atoms in total. The predicted octanol–water partition coefficient (Wildman–Crippen LogP) is 7.08. The van der Waals surface area contributed by atoms with Gasteiger partial charge < -0.3 is 9.47 Å². The molecule has 1 atom stereocenters. The average molecular weight is 341 g/mol. The van der Waals surface area contributed by atoms with Crippen molar-refractivity contribution in [3.63, 3.8) is 0 Å². The van der Waals surface area contributed by atoms with Crippen molar-refractivity contribution in [1.82, 2.24) is 0 Å². The third-order valence-corrected chi connectivity index (χ3v) is 4.93. The molecule has 0 bridgehead atoms. The smallest absolute Gasteiger partial charge is 0.0912 e. The molecule has 0 aliphatic carbocycles. The predicted molar refractivity (Wildman–Crippen MR) is 107 cm³/mol. The van der Waals surface area contributed by atoms with E-state index in [1.165, 1.54) is 70.6 Å². The molecule has 2 heteroatoms. The third-order valence-electron chi connectivity index (χ3n) is 4.93. The summed E-state index contributed by atoms with van der Waals surface area (Å²) in [6.07, 6.45) is 19.2. The van der Waals surface area contributed by atoms with Crippen molar-refractivity contribution >= 4 is 0 Å². The molecule has 0 amide bonds. The Bertz CT molecular complexity index is 265. The maximum atomic E-state index is 6.06. The largest absolute Gasteiger partial charge is 0.374 e. The van der Waals surface area contributed by atoms with Crippen LogP contribution in [-0.2, 0) is 9.47 Å². The molecule has 0 aliphatic rings. The van der Waals surface area contributed by atoms with Crippen molar-refractivity contribution in [3.05, 3.63) is 12.7 Å². The fourth-order valence-corrected chi connectivity index (χ4v) is 3.31.